The lowest BCUT2D eigenvalue weighted by atomic mass is 10.0. The van der Waals surface area contributed by atoms with Crippen LogP contribution in [0, 0.1) is 0 Å². The van der Waals surface area contributed by atoms with Gasteiger partial charge in [-0.3, -0.25) is 0 Å². The van der Waals surface area contributed by atoms with Gasteiger partial charge in [0.1, 0.15) is 0 Å². The molecular formula is C17H26Cl2N4O. The van der Waals surface area contributed by atoms with Crippen LogP contribution in [0.4, 0.5) is 0 Å². The Kier molecular flexibility index (Phi) is 9.36. The van der Waals surface area contributed by atoms with Gasteiger partial charge in [-0.2, -0.15) is 15.0 Å². The SMILES string of the molecule is Clc1nc(Cl)nc(ON=C2CCCCCCCCCCCCC2)n1. The monoisotopic (exact) mass is 372 g/mol. The molecule has 2 rings (SSSR count). The highest BCUT2D eigenvalue weighted by atomic mass is 35.5. The zero-order valence-corrected chi connectivity index (χ0v) is 15.7. The van der Waals surface area contributed by atoms with Gasteiger partial charge in [-0.05, 0) is 48.9 Å². The van der Waals surface area contributed by atoms with E-state index in [1.165, 1.54) is 57.8 Å². The van der Waals surface area contributed by atoms with Crippen molar-refractivity contribution in [1.82, 2.24) is 15.0 Å². The molecule has 0 bridgehead atoms. The smallest absolute Gasteiger partial charge is 0.315 e. The molecule has 0 saturated heterocycles. The van der Waals surface area contributed by atoms with E-state index in [0.29, 0.717) is 0 Å². The molecule has 0 radical (unpaired) electrons. The Hall–Kier alpha value is -0.940. The van der Waals surface area contributed by atoms with Crippen molar-refractivity contribution in [2.24, 2.45) is 5.16 Å². The molecule has 0 aromatic carbocycles. The predicted molar refractivity (Wildman–Crippen MR) is 97.9 cm³/mol. The van der Waals surface area contributed by atoms with E-state index >= 15 is 0 Å². The van der Waals surface area contributed by atoms with Gasteiger partial charge < -0.3 is 4.84 Å². The summed E-state index contributed by atoms with van der Waals surface area (Å²) in [5, 5.41) is 4.27. The first-order valence-corrected chi connectivity index (χ1v) is 9.79. The number of rotatable bonds is 2. The van der Waals surface area contributed by atoms with Crippen LogP contribution in [0.15, 0.2) is 5.16 Å². The zero-order chi connectivity index (χ0) is 17.0. The van der Waals surface area contributed by atoms with E-state index in [2.05, 4.69) is 20.1 Å². The molecule has 0 unspecified atom stereocenters. The van der Waals surface area contributed by atoms with Gasteiger partial charge in [0.2, 0.25) is 10.6 Å². The Bertz CT molecular complexity index is 489. The first-order chi connectivity index (χ1) is 11.7. The van der Waals surface area contributed by atoms with Gasteiger partial charge in [0.05, 0.1) is 5.71 Å². The number of aromatic nitrogens is 3. The molecule has 134 valence electrons. The molecule has 0 atom stereocenters. The standard InChI is InChI=1S/C17H26Cl2N4O/c18-15-20-16(19)22-17(21-15)24-23-14-12-10-8-6-4-2-1-3-5-7-9-11-13-14/h1-13H2. The summed E-state index contributed by atoms with van der Waals surface area (Å²) >= 11 is 11.5. The lowest BCUT2D eigenvalue weighted by Gasteiger charge is -2.08. The molecule has 7 heteroatoms. The summed E-state index contributed by atoms with van der Waals surface area (Å²) in [6, 6.07) is 0.0481. The Morgan fingerprint density at radius 2 is 1.04 bits per heavy atom. The van der Waals surface area contributed by atoms with Gasteiger partial charge in [-0.25, -0.2) is 0 Å². The Morgan fingerprint density at radius 1 is 0.625 bits per heavy atom. The summed E-state index contributed by atoms with van der Waals surface area (Å²) in [5.41, 5.74) is 1.07. The van der Waals surface area contributed by atoms with Crippen LogP contribution >= 0.6 is 23.2 Å². The minimum atomic E-state index is 0.0104. The van der Waals surface area contributed by atoms with Crippen molar-refractivity contribution in [2.45, 2.75) is 83.5 Å². The molecule has 1 heterocycles. The van der Waals surface area contributed by atoms with Crippen LogP contribution in [0.2, 0.25) is 10.6 Å². The summed E-state index contributed by atoms with van der Waals surface area (Å²) in [7, 11) is 0. The van der Waals surface area contributed by atoms with Crippen molar-refractivity contribution in [3.05, 3.63) is 10.6 Å². The van der Waals surface area contributed by atoms with E-state index in [4.69, 9.17) is 28.0 Å². The van der Waals surface area contributed by atoms with E-state index in [9.17, 15) is 0 Å². The van der Waals surface area contributed by atoms with Gasteiger partial charge in [0, 0.05) is 0 Å². The minimum Gasteiger partial charge on any atom is -0.315 e. The molecule has 0 amide bonds. The largest absolute Gasteiger partial charge is 0.351 e. The average Bonchev–Trinajstić information content (AvgIpc) is 2.55. The second kappa shape index (κ2) is 11.6. The fourth-order valence-electron chi connectivity index (χ4n) is 2.92. The lowest BCUT2D eigenvalue weighted by Crippen LogP contribution is -2.04. The first kappa shape index (κ1) is 19.4. The number of hydrogen-bond acceptors (Lipinski definition) is 5. The third kappa shape index (κ3) is 8.25. The Balaban J connectivity index is 1.89. The molecule has 5 nitrogen and oxygen atoms in total. The molecule has 1 saturated carbocycles. The molecule has 1 aliphatic rings. The third-order valence-corrected chi connectivity index (χ3v) is 4.59. The Labute approximate surface area is 154 Å². The number of hydrogen-bond donors (Lipinski definition) is 0. The van der Waals surface area contributed by atoms with Gasteiger partial charge in [0.15, 0.2) is 0 Å². The molecular weight excluding hydrogens is 347 g/mol. The molecule has 1 aromatic heterocycles. The summed E-state index contributed by atoms with van der Waals surface area (Å²) in [6.07, 6.45) is 16.2. The molecule has 0 N–H and O–H groups in total. The minimum absolute atomic E-state index is 0.0104. The van der Waals surface area contributed by atoms with Gasteiger partial charge in [0.25, 0.3) is 0 Å². The molecule has 1 aromatic rings. The van der Waals surface area contributed by atoms with Gasteiger partial charge in [-0.15, -0.1) is 0 Å². The number of nitrogens with zero attached hydrogens (tertiary/aromatic N) is 4. The predicted octanol–water partition coefficient (Wildman–Crippen LogP) is 6.00. The van der Waals surface area contributed by atoms with Crippen LogP contribution in [-0.4, -0.2) is 20.7 Å². The molecule has 1 fully saturated rings. The van der Waals surface area contributed by atoms with E-state index in [1.54, 1.807) is 0 Å². The fourth-order valence-corrected chi connectivity index (χ4v) is 3.27. The topological polar surface area (TPSA) is 60.3 Å². The molecule has 0 spiro atoms. The first-order valence-electron chi connectivity index (χ1n) is 9.04. The lowest BCUT2D eigenvalue weighted by molar-refractivity contribution is 0.308. The van der Waals surface area contributed by atoms with Crippen LogP contribution in [0.1, 0.15) is 83.5 Å². The molecule has 1 aliphatic carbocycles. The van der Waals surface area contributed by atoms with Gasteiger partial charge in [-0.1, -0.05) is 62.9 Å². The van der Waals surface area contributed by atoms with Crippen molar-refractivity contribution in [3.8, 4) is 6.01 Å². The van der Waals surface area contributed by atoms with Crippen molar-refractivity contribution >= 4 is 28.9 Å². The fraction of sp³-hybridized carbons (Fsp3) is 0.765. The van der Waals surface area contributed by atoms with Crippen molar-refractivity contribution in [3.63, 3.8) is 0 Å². The second-order valence-electron chi connectivity index (χ2n) is 6.29. The maximum Gasteiger partial charge on any atom is 0.351 e. The zero-order valence-electron chi connectivity index (χ0n) is 14.1. The van der Waals surface area contributed by atoms with E-state index < -0.39 is 0 Å². The van der Waals surface area contributed by atoms with Crippen molar-refractivity contribution in [2.75, 3.05) is 0 Å². The van der Waals surface area contributed by atoms with Crippen LogP contribution in [0.5, 0.6) is 6.01 Å². The number of halogens is 2. The van der Waals surface area contributed by atoms with Gasteiger partial charge >= 0.3 is 6.01 Å². The van der Waals surface area contributed by atoms with Crippen LogP contribution in [0.3, 0.4) is 0 Å². The number of oxime groups is 1. The summed E-state index contributed by atoms with van der Waals surface area (Å²) in [5.74, 6) is 0. The maximum absolute atomic E-state index is 5.75. The molecule has 24 heavy (non-hydrogen) atoms. The van der Waals surface area contributed by atoms with Crippen LogP contribution in [-0.2, 0) is 0 Å². The summed E-state index contributed by atoms with van der Waals surface area (Å²) in [4.78, 5) is 16.8. The van der Waals surface area contributed by atoms with Crippen LogP contribution in [0.25, 0.3) is 0 Å². The van der Waals surface area contributed by atoms with Crippen molar-refractivity contribution < 1.29 is 4.84 Å². The van der Waals surface area contributed by atoms with E-state index in [1.807, 2.05) is 0 Å². The van der Waals surface area contributed by atoms with Crippen LogP contribution < -0.4 is 4.84 Å². The van der Waals surface area contributed by atoms with Crippen molar-refractivity contribution in [1.29, 1.82) is 0 Å². The normalized spacial score (nSPS) is 18.7. The van der Waals surface area contributed by atoms with E-state index in [0.717, 1.165) is 31.4 Å². The third-order valence-electron chi connectivity index (χ3n) is 4.25. The quantitative estimate of drug-likeness (QED) is 0.597. The highest BCUT2D eigenvalue weighted by molar-refractivity contribution is 6.31. The highest BCUT2D eigenvalue weighted by Crippen LogP contribution is 2.17. The summed E-state index contributed by atoms with van der Waals surface area (Å²) in [6.45, 7) is 0. The highest BCUT2D eigenvalue weighted by Gasteiger charge is 2.07. The Morgan fingerprint density at radius 3 is 1.50 bits per heavy atom. The summed E-state index contributed by atoms with van der Waals surface area (Å²) < 4.78 is 0. The average molecular weight is 373 g/mol. The second-order valence-corrected chi connectivity index (χ2v) is 6.97. The maximum atomic E-state index is 5.75. The molecule has 0 aliphatic heterocycles. The van der Waals surface area contributed by atoms with E-state index in [-0.39, 0.29) is 16.6 Å².